The normalized spacial score (nSPS) is 30.5. The lowest BCUT2D eigenvalue weighted by molar-refractivity contribution is -0.199. The second-order valence-corrected chi connectivity index (χ2v) is 6.98. The second-order valence-electron chi connectivity index (χ2n) is 6.98. The molecule has 1 aromatic carbocycles. The maximum absolute atomic E-state index is 9.35. The van der Waals surface area contributed by atoms with Gasteiger partial charge in [0.25, 0.3) is 0 Å². The van der Waals surface area contributed by atoms with E-state index in [2.05, 4.69) is 12.1 Å². The molecule has 2 aliphatic rings. The van der Waals surface area contributed by atoms with Gasteiger partial charge in [-0.2, -0.15) is 0 Å². The topological polar surface area (TPSA) is 47.9 Å². The quantitative estimate of drug-likeness (QED) is 0.790. The van der Waals surface area contributed by atoms with Crippen LogP contribution in [0.4, 0.5) is 0 Å². The molecule has 4 nitrogen and oxygen atoms in total. The van der Waals surface area contributed by atoms with Crippen molar-refractivity contribution in [2.75, 3.05) is 19.8 Å². The number of hydrogen-bond acceptors (Lipinski definition) is 4. The van der Waals surface area contributed by atoms with Crippen molar-refractivity contribution in [1.29, 1.82) is 0 Å². The molecule has 1 saturated heterocycles. The summed E-state index contributed by atoms with van der Waals surface area (Å²) in [5.74, 6) is 0.839. The average molecular weight is 334 g/mol. The van der Waals surface area contributed by atoms with Gasteiger partial charge in [0.2, 0.25) is 0 Å². The summed E-state index contributed by atoms with van der Waals surface area (Å²) in [7, 11) is 0. The molecule has 0 bridgehead atoms. The monoisotopic (exact) mass is 334 g/mol. The third-order valence-corrected chi connectivity index (χ3v) is 5.29. The van der Waals surface area contributed by atoms with Crippen LogP contribution in [-0.4, -0.2) is 37.3 Å². The van der Waals surface area contributed by atoms with Gasteiger partial charge in [-0.1, -0.05) is 30.3 Å². The number of rotatable bonds is 8. The Kier molecular flexibility index (Phi) is 7.09. The Hall–Kier alpha value is -0.940. The SMILES string of the molecule is OCCC1CCC(OC2CCCCO2)C1COCc1ccccc1. The lowest BCUT2D eigenvalue weighted by atomic mass is 9.93. The first-order valence-electron chi connectivity index (χ1n) is 9.36. The zero-order chi connectivity index (χ0) is 16.6. The summed E-state index contributed by atoms with van der Waals surface area (Å²) < 4.78 is 18.0. The predicted octanol–water partition coefficient (Wildman–Crippen LogP) is 3.52. The van der Waals surface area contributed by atoms with E-state index in [1.165, 1.54) is 12.0 Å². The maximum Gasteiger partial charge on any atom is 0.157 e. The van der Waals surface area contributed by atoms with Crippen LogP contribution < -0.4 is 0 Å². The van der Waals surface area contributed by atoms with Gasteiger partial charge in [-0.3, -0.25) is 0 Å². The molecule has 2 fully saturated rings. The van der Waals surface area contributed by atoms with Crippen LogP contribution in [0.5, 0.6) is 0 Å². The third kappa shape index (κ3) is 5.03. The van der Waals surface area contributed by atoms with E-state index in [1.54, 1.807) is 0 Å². The summed E-state index contributed by atoms with van der Waals surface area (Å²) in [6, 6.07) is 10.3. The van der Waals surface area contributed by atoms with Gasteiger partial charge in [0.05, 0.1) is 19.3 Å². The predicted molar refractivity (Wildman–Crippen MR) is 92.5 cm³/mol. The molecule has 0 aromatic heterocycles. The molecule has 1 heterocycles. The van der Waals surface area contributed by atoms with Gasteiger partial charge in [0.15, 0.2) is 6.29 Å². The molecule has 1 N–H and O–H groups in total. The molecule has 1 saturated carbocycles. The number of hydrogen-bond donors (Lipinski definition) is 1. The van der Waals surface area contributed by atoms with Crippen LogP contribution in [0.2, 0.25) is 0 Å². The van der Waals surface area contributed by atoms with Gasteiger partial charge in [-0.15, -0.1) is 0 Å². The first-order chi connectivity index (χ1) is 11.9. The summed E-state index contributed by atoms with van der Waals surface area (Å²) in [5, 5.41) is 9.35. The molecular formula is C20H30O4. The minimum atomic E-state index is -0.0479. The zero-order valence-electron chi connectivity index (χ0n) is 14.4. The van der Waals surface area contributed by atoms with Crippen LogP contribution in [0.3, 0.4) is 0 Å². The summed E-state index contributed by atoms with van der Waals surface area (Å²) in [4.78, 5) is 0. The Labute approximate surface area is 145 Å². The van der Waals surface area contributed by atoms with E-state index >= 15 is 0 Å². The van der Waals surface area contributed by atoms with Gasteiger partial charge in [0.1, 0.15) is 0 Å². The van der Waals surface area contributed by atoms with Gasteiger partial charge >= 0.3 is 0 Å². The van der Waals surface area contributed by atoms with Crippen LogP contribution in [0.1, 0.15) is 44.1 Å². The molecule has 4 atom stereocenters. The Morgan fingerprint density at radius 2 is 1.96 bits per heavy atom. The minimum absolute atomic E-state index is 0.0479. The number of ether oxygens (including phenoxy) is 3. The number of benzene rings is 1. The highest BCUT2D eigenvalue weighted by Gasteiger charge is 2.38. The van der Waals surface area contributed by atoms with E-state index < -0.39 is 0 Å². The molecule has 24 heavy (non-hydrogen) atoms. The van der Waals surface area contributed by atoms with Crippen LogP contribution >= 0.6 is 0 Å². The fraction of sp³-hybridized carbons (Fsp3) is 0.700. The van der Waals surface area contributed by atoms with Crippen molar-refractivity contribution in [1.82, 2.24) is 0 Å². The van der Waals surface area contributed by atoms with Crippen molar-refractivity contribution in [2.24, 2.45) is 11.8 Å². The summed E-state index contributed by atoms with van der Waals surface area (Å²) in [6.07, 6.45) is 6.46. The summed E-state index contributed by atoms with van der Waals surface area (Å²) in [6.45, 7) is 2.38. The van der Waals surface area contributed by atoms with Crippen molar-refractivity contribution >= 4 is 0 Å². The molecule has 1 aliphatic carbocycles. The van der Waals surface area contributed by atoms with Gasteiger partial charge in [-0.25, -0.2) is 0 Å². The smallest absolute Gasteiger partial charge is 0.157 e. The van der Waals surface area contributed by atoms with Crippen molar-refractivity contribution in [2.45, 2.75) is 57.5 Å². The molecule has 4 heteroatoms. The van der Waals surface area contributed by atoms with E-state index in [4.69, 9.17) is 14.2 Å². The zero-order valence-corrected chi connectivity index (χ0v) is 14.4. The summed E-state index contributed by atoms with van der Waals surface area (Å²) >= 11 is 0. The third-order valence-electron chi connectivity index (χ3n) is 5.29. The highest BCUT2D eigenvalue weighted by Crippen LogP contribution is 2.38. The largest absolute Gasteiger partial charge is 0.396 e. The lowest BCUT2D eigenvalue weighted by Gasteiger charge is -2.30. The molecule has 0 amide bonds. The van der Waals surface area contributed by atoms with Crippen molar-refractivity contribution in [3.05, 3.63) is 35.9 Å². The van der Waals surface area contributed by atoms with Crippen LogP contribution in [0.15, 0.2) is 30.3 Å². The summed E-state index contributed by atoms with van der Waals surface area (Å²) in [5.41, 5.74) is 1.20. The maximum atomic E-state index is 9.35. The Morgan fingerprint density at radius 3 is 2.71 bits per heavy atom. The Morgan fingerprint density at radius 1 is 1.08 bits per heavy atom. The Bertz CT molecular complexity index is 458. The standard InChI is InChI=1S/C20H30O4/c21-12-11-17-9-10-19(24-20-8-4-5-13-23-20)18(17)15-22-14-16-6-2-1-3-7-16/h1-3,6-7,17-21H,4-5,8-15H2. The van der Waals surface area contributed by atoms with E-state index in [0.29, 0.717) is 25.0 Å². The van der Waals surface area contributed by atoms with E-state index in [1.807, 2.05) is 18.2 Å². The molecule has 3 rings (SSSR count). The van der Waals surface area contributed by atoms with Crippen LogP contribution in [0.25, 0.3) is 0 Å². The van der Waals surface area contributed by atoms with E-state index in [-0.39, 0.29) is 19.0 Å². The van der Waals surface area contributed by atoms with E-state index in [9.17, 15) is 5.11 Å². The van der Waals surface area contributed by atoms with E-state index in [0.717, 1.165) is 38.7 Å². The fourth-order valence-electron chi connectivity index (χ4n) is 3.95. The molecule has 134 valence electrons. The minimum Gasteiger partial charge on any atom is -0.396 e. The molecule has 1 aromatic rings. The van der Waals surface area contributed by atoms with Gasteiger partial charge < -0.3 is 19.3 Å². The van der Waals surface area contributed by atoms with Crippen LogP contribution in [0, 0.1) is 11.8 Å². The highest BCUT2D eigenvalue weighted by atomic mass is 16.7. The van der Waals surface area contributed by atoms with Crippen molar-refractivity contribution in [3.8, 4) is 0 Å². The first kappa shape index (κ1) is 17.9. The highest BCUT2D eigenvalue weighted by molar-refractivity contribution is 5.13. The first-order valence-corrected chi connectivity index (χ1v) is 9.36. The average Bonchev–Trinajstić information content (AvgIpc) is 2.99. The molecule has 0 radical (unpaired) electrons. The molecule has 0 spiro atoms. The Balaban J connectivity index is 1.52. The molecule has 4 unspecified atom stereocenters. The van der Waals surface area contributed by atoms with Crippen molar-refractivity contribution in [3.63, 3.8) is 0 Å². The molecule has 1 aliphatic heterocycles. The number of aliphatic hydroxyl groups excluding tert-OH is 1. The fourth-order valence-corrected chi connectivity index (χ4v) is 3.95. The van der Waals surface area contributed by atoms with Crippen molar-refractivity contribution < 1.29 is 19.3 Å². The number of aliphatic hydroxyl groups is 1. The molecular weight excluding hydrogens is 304 g/mol. The van der Waals surface area contributed by atoms with Gasteiger partial charge in [0, 0.05) is 19.1 Å². The van der Waals surface area contributed by atoms with Gasteiger partial charge in [-0.05, 0) is 50.0 Å². The lowest BCUT2D eigenvalue weighted by Crippen LogP contribution is -2.33. The van der Waals surface area contributed by atoms with Crippen LogP contribution in [-0.2, 0) is 20.8 Å². The second kappa shape index (κ2) is 9.52.